The Bertz CT molecular complexity index is 640. The van der Waals surface area contributed by atoms with Gasteiger partial charge in [-0.25, -0.2) is 4.39 Å². The van der Waals surface area contributed by atoms with Crippen LogP contribution in [0.1, 0.15) is 70.3 Å². The van der Waals surface area contributed by atoms with E-state index < -0.39 is 0 Å². The van der Waals surface area contributed by atoms with E-state index in [0.29, 0.717) is 18.3 Å². The molecule has 0 saturated heterocycles. The van der Waals surface area contributed by atoms with Gasteiger partial charge in [-0.05, 0) is 68.6 Å². The predicted octanol–water partition coefficient (Wildman–Crippen LogP) is 6.80. The van der Waals surface area contributed by atoms with Gasteiger partial charge in [0.2, 0.25) is 0 Å². The van der Waals surface area contributed by atoms with Crippen molar-refractivity contribution in [2.24, 2.45) is 5.92 Å². The Kier molecular flexibility index (Phi) is 6.50. The number of rotatable bonds is 5. The molecule has 0 bridgehead atoms. The smallest absolute Gasteiger partial charge is 0.149 e. The van der Waals surface area contributed by atoms with E-state index in [1.54, 1.807) is 7.11 Å². The first-order chi connectivity index (χ1) is 12.6. The standard InChI is InChI=1S/C22H30ClFO2/c1-3-26-19-10-9-18(21(24)20(19)23)22(17-7-5-4-6-8-17)13-11-16(12-14-22)15-25-2/h9-10,15,17H,3-8,11-14H2,1-2H3. The molecule has 1 aromatic rings. The molecule has 0 atom stereocenters. The van der Waals surface area contributed by atoms with E-state index in [0.717, 1.165) is 31.2 Å². The second-order valence-electron chi connectivity index (χ2n) is 7.68. The minimum atomic E-state index is -0.276. The molecule has 2 aliphatic rings. The number of benzene rings is 1. The monoisotopic (exact) mass is 380 g/mol. The highest BCUT2D eigenvalue weighted by Crippen LogP contribution is 2.53. The molecule has 0 heterocycles. The summed E-state index contributed by atoms with van der Waals surface area (Å²) in [5.74, 6) is 0.705. The van der Waals surface area contributed by atoms with Crippen molar-refractivity contribution < 1.29 is 13.9 Å². The van der Waals surface area contributed by atoms with Gasteiger partial charge in [-0.15, -0.1) is 0 Å². The van der Waals surface area contributed by atoms with Crippen LogP contribution in [-0.2, 0) is 10.2 Å². The molecule has 2 nitrogen and oxygen atoms in total. The van der Waals surface area contributed by atoms with Gasteiger partial charge in [0.25, 0.3) is 0 Å². The van der Waals surface area contributed by atoms with Crippen LogP contribution in [-0.4, -0.2) is 13.7 Å². The molecular weight excluding hydrogens is 351 g/mol. The Morgan fingerprint density at radius 3 is 2.50 bits per heavy atom. The lowest BCUT2D eigenvalue weighted by molar-refractivity contribution is 0.156. The normalized spacial score (nSPS) is 24.4. The molecule has 1 aromatic carbocycles. The van der Waals surface area contributed by atoms with Crippen molar-refractivity contribution in [2.75, 3.05) is 13.7 Å². The Hall–Kier alpha value is -1.22. The third-order valence-electron chi connectivity index (χ3n) is 6.34. The van der Waals surface area contributed by atoms with E-state index in [1.165, 1.54) is 37.7 Å². The van der Waals surface area contributed by atoms with Crippen LogP contribution < -0.4 is 4.74 Å². The molecule has 2 aliphatic carbocycles. The van der Waals surface area contributed by atoms with Crippen LogP contribution in [0.5, 0.6) is 5.75 Å². The molecule has 2 saturated carbocycles. The lowest BCUT2D eigenvalue weighted by Crippen LogP contribution is -2.40. The highest BCUT2D eigenvalue weighted by Gasteiger charge is 2.44. The van der Waals surface area contributed by atoms with Gasteiger partial charge in [0.1, 0.15) is 16.6 Å². The maximum Gasteiger partial charge on any atom is 0.149 e. The lowest BCUT2D eigenvalue weighted by Gasteiger charge is -2.46. The summed E-state index contributed by atoms with van der Waals surface area (Å²) < 4.78 is 26.1. The molecule has 0 amide bonds. The highest BCUT2D eigenvalue weighted by molar-refractivity contribution is 6.32. The topological polar surface area (TPSA) is 18.5 Å². The number of methoxy groups -OCH3 is 1. The summed E-state index contributed by atoms with van der Waals surface area (Å²) in [7, 11) is 1.70. The zero-order valence-electron chi connectivity index (χ0n) is 16.0. The molecule has 0 radical (unpaired) electrons. The largest absolute Gasteiger partial charge is 0.504 e. The molecule has 2 fully saturated rings. The first-order valence-electron chi connectivity index (χ1n) is 9.94. The second-order valence-corrected chi connectivity index (χ2v) is 8.05. The summed E-state index contributed by atoms with van der Waals surface area (Å²) in [4.78, 5) is 0. The summed E-state index contributed by atoms with van der Waals surface area (Å²) in [6.07, 6.45) is 11.9. The Morgan fingerprint density at radius 1 is 1.19 bits per heavy atom. The first kappa shape index (κ1) is 19.5. The lowest BCUT2D eigenvalue weighted by atomic mass is 9.58. The van der Waals surface area contributed by atoms with Crippen molar-refractivity contribution in [3.05, 3.63) is 40.4 Å². The quantitative estimate of drug-likeness (QED) is 0.523. The predicted molar refractivity (Wildman–Crippen MR) is 104 cm³/mol. The van der Waals surface area contributed by atoms with E-state index in [9.17, 15) is 0 Å². The number of hydrogen-bond acceptors (Lipinski definition) is 2. The van der Waals surface area contributed by atoms with Crippen molar-refractivity contribution in [3.8, 4) is 5.75 Å². The first-order valence-corrected chi connectivity index (χ1v) is 10.3. The van der Waals surface area contributed by atoms with E-state index in [2.05, 4.69) is 0 Å². The van der Waals surface area contributed by atoms with Crippen LogP contribution in [0.2, 0.25) is 5.02 Å². The summed E-state index contributed by atoms with van der Waals surface area (Å²) >= 11 is 6.34. The number of allylic oxidation sites excluding steroid dienone is 1. The minimum Gasteiger partial charge on any atom is -0.504 e. The molecule has 0 unspecified atom stereocenters. The van der Waals surface area contributed by atoms with Crippen molar-refractivity contribution >= 4 is 11.6 Å². The van der Waals surface area contributed by atoms with Crippen LogP contribution in [0.15, 0.2) is 24.0 Å². The van der Waals surface area contributed by atoms with Gasteiger partial charge in [-0.3, -0.25) is 0 Å². The van der Waals surface area contributed by atoms with Crippen LogP contribution in [0.3, 0.4) is 0 Å². The van der Waals surface area contributed by atoms with E-state index in [4.69, 9.17) is 21.1 Å². The van der Waals surface area contributed by atoms with E-state index >= 15 is 4.39 Å². The Morgan fingerprint density at radius 2 is 1.88 bits per heavy atom. The van der Waals surface area contributed by atoms with Gasteiger partial charge in [0.15, 0.2) is 0 Å². The second kappa shape index (κ2) is 8.65. The van der Waals surface area contributed by atoms with Crippen LogP contribution in [0, 0.1) is 11.7 Å². The third-order valence-corrected chi connectivity index (χ3v) is 6.69. The van der Waals surface area contributed by atoms with Crippen molar-refractivity contribution in [2.45, 2.75) is 70.1 Å². The maximum absolute atomic E-state index is 15.4. The van der Waals surface area contributed by atoms with Gasteiger partial charge in [0, 0.05) is 5.41 Å². The van der Waals surface area contributed by atoms with Gasteiger partial charge in [0.05, 0.1) is 20.0 Å². The van der Waals surface area contributed by atoms with Gasteiger partial charge < -0.3 is 9.47 Å². The van der Waals surface area contributed by atoms with E-state index in [1.807, 2.05) is 25.3 Å². The number of halogens is 2. The van der Waals surface area contributed by atoms with Gasteiger partial charge >= 0.3 is 0 Å². The molecule has 0 N–H and O–H groups in total. The Labute approximate surface area is 161 Å². The van der Waals surface area contributed by atoms with Crippen LogP contribution >= 0.6 is 11.6 Å². The third kappa shape index (κ3) is 3.74. The fraction of sp³-hybridized carbons (Fsp3) is 0.636. The molecular formula is C22H30ClFO2. The minimum absolute atomic E-state index is 0.121. The van der Waals surface area contributed by atoms with Crippen molar-refractivity contribution in [3.63, 3.8) is 0 Å². The molecule has 3 rings (SSSR count). The highest BCUT2D eigenvalue weighted by atomic mass is 35.5. The summed E-state index contributed by atoms with van der Waals surface area (Å²) in [5, 5.41) is 0.137. The fourth-order valence-electron chi connectivity index (χ4n) is 5.04. The molecule has 0 aromatic heterocycles. The summed E-state index contributed by atoms with van der Waals surface area (Å²) in [6, 6.07) is 3.79. The van der Waals surface area contributed by atoms with Crippen molar-refractivity contribution in [1.29, 1.82) is 0 Å². The zero-order valence-corrected chi connectivity index (χ0v) is 16.7. The molecule has 0 spiro atoms. The molecule has 4 heteroatoms. The average molecular weight is 381 g/mol. The number of ether oxygens (including phenoxy) is 2. The molecule has 144 valence electrons. The summed E-state index contributed by atoms with van der Waals surface area (Å²) in [5.41, 5.74) is 2.01. The molecule has 26 heavy (non-hydrogen) atoms. The van der Waals surface area contributed by atoms with Crippen LogP contribution in [0.25, 0.3) is 0 Å². The van der Waals surface area contributed by atoms with Crippen molar-refractivity contribution in [1.82, 2.24) is 0 Å². The zero-order chi connectivity index (χ0) is 18.6. The summed E-state index contributed by atoms with van der Waals surface area (Å²) in [6.45, 7) is 2.37. The number of hydrogen-bond donors (Lipinski definition) is 0. The molecule has 0 aliphatic heterocycles. The maximum atomic E-state index is 15.4. The van der Waals surface area contributed by atoms with Crippen LogP contribution in [0.4, 0.5) is 4.39 Å². The Balaban J connectivity index is 1.99. The fourth-order valence-corrected chi connectivity index (χ4v) is 5.26. The van der Waals surface area contributed by atoms with Gasteiger partial charge in [-0.1, -0.05) is 36.9 Å². The van der Waals surface area contributed by atoms with E-state index in [-0.39, 0.29) is 16.3 Å². The van der Waals surface area contributed by atoms with Gasteiger partial charge in [-0.2, -0.15) is 0 Å². The average Bonchev–Trinajstić information content (AvgIpc) is 2.68. The SMILES string of the molecule is CCOc1ccc(C2(C3CCCCC3)CCC(=COC)CC2)c(F)c1Cl.